The standard InChI is InChI=1S/C14H16BrFN2O4/c1-7(2)17-14(21)18-12(19)8(3)22-13(20)10-5-4-9(16)6-11(10)15/h4-8H,1-3H3,(H2,17,18,19,21). The molecule has 2 N–H and O–H groups in total. The minimum atomic E-state index is -1.18. The summed E-state index contributed by atoms with van der Waals surface area (Å²) in [5.74, 6) is -2.08. The smallest absolute Gasteiger partial charge is 0.340 e. The molecule has 8 heteroatoms. The topological polar surface area (TPSA) is 84.5 Å². The fourth-order valence-electron chi connectivity index (χ4n) is 1.44. The maximum atomic E-state index is 13.0. The molecule has 0 heterocycles. The van der Waals surface area contributed by atoms with Crippen LogP contribution in [-0.2, 0) is 9.53 Å². The van der Waals surface area contributed by atoms with Gasteiger partial charge >= 0.3 is 12.0 Å². The molecule has 0 radical (unpaired) electrons. The number of hydrogen-bond acceptors (Lipinski definition) is 4. The number of benzene rings is 1. The van der Waals surface area contributed by atoms with Crippen LogP contribution in [0.25, 0.3) is 0 Å². The lowest BCUT2D eigenvalue weighted by atomic mass is 10.2. The van der Waals surface area contributed by atoms with Crippen molar-refractivity contribution in [3.05, 3.63) is 34.1 Å². The van der Waals surface area contributed by atoms with E-state index in [0.29, 0.717) is 0 Å². The zero-order chi connectivity index (χ0) is 16.9. The number of imide groups is 1. The highest BCUT2D eigenvalue weighted by molar-refractivity contribution is 9.10. The lowest BCUT2D eigenvalue weighted by Crippen LogP contribution is -2.46. The fraction of sp³-hybridized carbons (Fsp3) is 0.357. The lowest BCUT2D eigenvalue weighted by Gasteiger charge is -2.14. The Morgan fingerprint density at radius 1 is 1.23 bits per heavy atom. The maximum Gasteiger partial charge on any atom is 0.340 e. The Labute approximate surface area is 135 Å². The third-order valence-corrected chi connectivity index (χ3v) is 3.12. The Hall–Kier alpha value is -1.96. The van der Waals surface area contributed by atoms with E-state index in [1.807, 2.05) is 0 Å². The summed E-state index contributed by atoms with van der Waals surface area (Å²) in [6.45, 7) is 4.80. The molecular formula is C14H16BrFN2O4. The third kappa shape index (κ3) is 5.44. The van der Waals surface area contributed by atoms with E-state index in [2.05, 4.69) is 26.6 Å². The summed E-state index contributed by atoms with van der Waals surface area (Å²) in [6, 6.07) is 2.63. The molecule has 120 valence electrons. The number of ether oxygens (including phenoxy) is 1. The molecule has 0 aliphatic rings. The molecule has 22 heavy (non-hydrogen) atoms. The zero-order valence-corrected chi connectivity index (χ0v) is 13.9. The molecule has 0 aliphatic heterocycles. The molecule has 1 aromatic carbocycles. The van der Waals surface area contributed by atoms with E-state index >= 15 is 0 Å². The van der Waals surface area contributed by atoms with Crippen LogP contribution in [-0.4, -0.2) is 30.1 Å². The average Bonchev–Trinajstić information content (AvgIpc) is 2.36. The Morgan fingerprint density at radius 3 is 2.41 bits per heavy atom. The maximum absolute atomic E-state index is 13.0. The van der Waals surface area contributed by atoms with Gasteiger partial charge in [-0.2, -0.15) is 0 Å². The predicted molar refractivity (Wildman–Crippen MR) is 80.8 cm³/mol. The van der Waals surface area contributed by atoms with E-state index in [1.165, 1.54) is 13.0 Å². The van der Waals surface area contributed by atoms with E-state index in [9.17, 15) is 18.8 Å². The fourth-order valence-corrected chi connectivity index (χ4v) is 1.96. The van der Waals surface area contributed by atoms with Crippen molar-refractivity contribution in [1.29, 1.82) is 0 Å². The highest BCUT2D eigenvalue weighted by atomic mass is 79.9. The predicted octanol–water partition coefficient (Wildman–Crippen LogP) is 2.37. The van der Waals surface area contributed by atoms with Crippen LogP contribution in [0.15, 0.2) is 22.7 Å². The largest absolute Gasteiger partial charge is 0.449 e. The third-order valence-electron chi connectivity index (χ3n) is 2.46. The SMILES string of the molecule is CC(C)NC(=O)NC(=O)C(C)OC(=O)c1ccc(F)cc1Br. The van der Waals surface area contributed by atoms with Crippen molar-refractivity contribution >= 4 is 33.8 Å². The van der Waals surface area contributed by atoms with E-state index in [0.717, 1.165) is 12.1 Å². The molecule has 1 aromatic rings. The van der Waals surface area contributed by atoms with Gasteiger partial charge in [0.15, 0.2) is 6.10 Å². The number of esters is 1. The number of nitrogens with one attached hydrogen (secondary N) is 2. The van der Waals surface area contributed by atoms with Gasteiger partial charge in [0.1, 0.15) is 5.82 Å². The summed E-state index contributed by atoms with van der Waals surface area (Å²) in [6.07, 6.45) is -1.18. The van der Waals surface area contributed by atoms with E-state index in [1.54, 1.807) is 13.8 Å². The van der Waals surface area contributed by atoms with Crippen LogP contribution in [0.5, 0.6) is 0 Å². The van der Waals surface area contributed by atoms with Crippen LogP contribution in [0.3, 0.4) is 0 Å². The first-order valence-corrected chi connectivity index (χ1v) is 7.27. The Morgan fingerprint density at radius 2 is 1.86 bits per heavy atom. The van der Waals surface area contributed by atoms with Gasteiger partial charge in [-0.1, -0.05) is 0 Å². The zero-order valence-electron chi connectivity index (χ0n) is 12.3. The quantitative estimate of drug-likeness (QED) is 0.792. The Kier molecular flexibility index (Phi) is 6.48. The summed E-state index contributed by atoms with van der Waals surface area (Å²) in [5.41, 5.74) is 0.0766. The van der Waals surface area contributed by atoms with Crippen LogP contribution in [0.2, 0.25) is 0 Å². The minimum absolute atomic E-state index is 0.0766. The molecule has 0 aromatic heterocycles. The van der Waals surface area contributed by atoms with E-state index < -0.39 is 29.8 Å². The normalized spacial score (nSPS) is 11.7. The van der Waals surface area contributed by atoms with E-state index in [4.69, 9.17) is 4.74 Å². The van der Waals surface area contributed by atoms with Gasteiger partial charge in [-0.15, -0.1) is 0 Å². The molecule has 1 rings (SSSR count). The number of rotatable bonds is 4. The van der Waals surface area contributed by atoms with Gasteiger partial charge in [0.25, 0.3) is 5.91 Å². The van der Waals surface area contributed by atoms with E-state index in [-0.39, 0.29) is 16.1 Å². The first-order chi connectivity index (χ1) is 10.2. The van der Waals surface area contributed by atoms with Gasteiger partial charge in [0.2, 0.25) is 0 Å². The summed E-state index contributed by atoms with van der Waals surface area (Å²) in [5, 5.41) is 4.52. The van der Waals surface area contributed by atoms with Crippen LogP contribution >= 0.6 is 15.9 Å². The van der Waals surface area contributed by atoms with Crippen molar-refractivity contribution in [2.75, 3.05) is 0 Å². The van der Waals surface area contributed by atoms with Gasteiger partial charge in [-0.3, -0.25) is 10.1 Å². The molecule has 1 atom stereocenters. The van der Waals surface area contributed by atoms with Gasteiger partial charge < -0.3 is 10.1 Å². The first kappa shape index (κ1) is 18.1. The molecule has 0 bridgehead atoms. The Balaban J connectivity index is 2.63. The summed E-state index contributed by atoms with van der Waals surface area (Å²) >= 11 is 3.04. The van der Waals surface area contributed by atoms with Crippen molar-refractivity contribution in [2.45, 2.75) is 32.9 Å². The van der Waals surface area contributed by atoms with Crippen LogP contribution in [0, 0.1) is 5.82 Å². The minimum Gasteiger partial charge on any atom is -0.449 e. The number of hydrogen-bond donors (Lipinski definition) is 2. The van der Waals surface area contributed by atoms with Crippen LogP contribution in [0.1, 0.15) is 31.1 Å². The number of carbonyl (C=O) groups excluding carboxylic acids is 3. The molecule has 0 saturated carbocycles. The monoisotopic (exact) mass is 374 g/mol. The summed E-state index contributed by atoms with van der Waals surface area (Å²) in [4.78, 5) is 35.0. The number of amides is 3. The molecule has 0 saturated heterocycles. The van der Waals surface area contributed by atoms with Crippen molar-refractivity contribution in [3.8, 4) is 0 Å². The molecular weight excluding hydrogens is 359 g/mol. The van der Waals surface area contributed by atoms with Crippen molar-refractivity contribution < 1.29 is 23.5 Å². The molecule has 0 fully saturated rings. The molecule has 6 nitrogen and oxygen atoms in total. The average molecular weight is 375 g/mol. The van der Waals surface area contributed by atoms with Gasteiger partial charge in [-0.05, 0) is 54.9 Å². The number of urea groups is 1. The highest BCUT2D eigenvalue weighted by Crippen LogP contribution is 2.19. The summed E-state index contributed by atoms with van der Waals surface area (Å²) < 4.78 is 18.1. The molecule has 3 amide bonds. The molecule has 0 spiro atoms. The second kappa shape index (κ2) is 7.88. The van der Waals surface area contributed by atoms with Gasteiger partial charge in [-0.25, -0.2) is 14.0 Å². The van der Waals surface area contributed by atoms with Crippen molar-refractivity contribution in [3.63, 3.8) is 0 Å². The van der Waals surface area contributed by atoms with Gasteiger partial charge in [0, 0.05) is 10.5 Å². The summed E-state index contributed by atoms with van der Waals surface area (Å²) in [7, 11) is 0. The van der Waals surface area contributed by atoms with Crippen LogP contribution < -0.4 is 10.6 Å². The van der Waals surface area contributed by atoms with Gasteiger partial charge in [0.05, 0.1) is 5.56 Å². The van der Waals surface area contributed by atoms with Crippen molar-refractivity contribution in [1.82, 2.24) is 10.6 Å². The van der Waals surface area contributed by atoms with Crippen molar-refractivity contribution in [2.24, 2.45) is 0 Å². The van der Waals surface area contributed by atoms with Crippen LogP contribution in [0.4, 0.5) is 9.18 Å². The number of halogens is 2. The highest BCUT2D eigenvalue weighted by Gasteiger charge is 2.22. The lowest BCUT2D eigenvalue weighted by molar-refractivity contribution is -0.127. The second-order valence-corrected chi connectivity index (χ2v) is 5.64. The number of carbonyl (C=O) groups is 3. The second-order valence-electron chi connectivity index (χ2n) is 4.79. The molecule has 0 aliphatic carbocycles. The molecule has 1 unspecified atom stereocenters. The Bertz CT molecular complexity index is 592. The first-order valence-electron chi connectivity index (χ1n) is 6.48.